The summed E-state index contributed by atoms with van der Waals surface area (Å²) in [5.41, 5.74) is 0.712. The predicted octanol–water partition coefficient (Wildman–Crippen LogP) is -1.12. The highest BCUT2D eigenvalue weighted by Crippen LogP contribution is 2.32. The lowest BCUT2D eigenvalue weighted by Gasteiger charge is -2.39. The summed E-state index contributed by atoms with van der Waals surface area (Å²) in [6, 6.07) is 4.98. The Labute approximate surface area is 139 Å². The molecular weight excluding hydrogens is 320 g/mol. The summed E-state index contributed by atoms with van der Waals surface area (Å²) in [6.45, 7) is -0.657. The van der Waals surface area contributed by atoms with Crippen LogP contribution < -0.4 is 9.47 Å². The number of rotatable bonds is 6. The summed E-state index contributed by atoms with van der Waals surface area (Å²) in [7, 11) is 1.44. The summed E-state index contributed by atoms with van der Waals surface area (Å²) in [6.07, 6.45) is -3.64. The van der Waals surface area contributed by atoms with E-state index in [4.69, 9.17) is 19.3 Å². The number of ether oxygens (including phenoxy) is 3. The van der Waals surface area contributed by atoms with Gasteiger partial charge in [0.1, 0.15) is 24.4 Å². The molecule has 1 saturated heterocycles. The molecule has 1 aromatic carbocycles. The number of methoxy groups -OCH3 is 1. The van der Waals surface area contributed by atoms with Crippen LogP contribution in [0.3, 0.4) is 0 Å². The van der Waals surface area contributed by atoms with Crippen LogP contribution in [-0.2, 0) is 4.74 Å². The lowest BCUT2D eigenvalue weighted by Crippen LogP contribution is -2.60. The molecule has 0 unspecified atom stereocenters. The number of aliphatic hydroxyl groups excluding tert-OH is 5. The smallest absolute Gasteiger partial charge is 0.229 e. The van der Waals surface area contributed by atoms with Gasteiger partial charge < -0.3 is 39.7 Å². The third-order valence-electron chi connectivity index (χ3n) is 3.69. The molecule has 1 aliphatic heterocycles. The first kappa shape index (κ1) is 18.7. The van der Waals surface area contributed by atoms with E-state index in [1.165, 1.54) is 7.11 Å². The second kappa shape index (κ2) is 8.43. The van der Waals surface area contributed by atoms with Crippen LogP contribution in [0.5, 0.6) is 11.5 Å². The molecule has 1 aliphatic rings. The van der Waals surface area contributed by atoms with E-state index >= 15 is 0 Å². The molecule has 24 heavy (non-hydrogen) atoms. The Bertz CT molecular complexity index is 559. The maximum Gasteiger partial charge on any atom is 0.229 e. The second-order valence-corrected chi connectivity index (χ2v) is 5.31. The van der Waals surface area contributed by atoms with E-state index in [1.807, 2.05) is 0 Å². The zero-order chi connectivity index (χ0) is 17.7. The van der Waals surface area contributed by atoms with E-state index in [2.05, 4.69) is 0 Å². The van der Waals surface area contributed by atoms with E-state index < -0.39 is 37.3 Å². The Kier molecular flexibility index (Phi) is 6.55. The standard InChI is InChI=1S/C16H22O8/c1-22-10-5-4-9(3-2-6-17)7-11(10)23-16-15(21)14(20)13(19)12(8-18)24-16/h2-5,7,12-21H,6,8H2,1H3/b3-2+/t12-,13-,14+,15-,16-/m1/s1. The Morgan fingerprint density at radius 1 is 1.08 bits per heavy atom. The highest BCUT2D eigenvalue weighted by atomic mass is 16.7. The van der Waals surface area contributed by atoms with Gasteiger partial charge >= 0.3 is 0 Å². The number of aliphatic hydroxyl groups is 5. The van der Waals surface area contributed by atoms with Gasteiger partial charge in [0, 0.05) is 0 Å². The number of hydrogen-bond donors (Lipinski definition) is 5. The molecule has 0 radical (unpaired) electrons. The minimum absolute atomic E-state index is 0.116. The molecule has 1 heterocycles. The normalized spacial score (nSPS) is 30.5. The molecule has 5 atom stereocenters. The van der Waals surface area contributed by atoms with Gasteiger partial charge in [0.05, 0.1) is 20.3 Å². The van der Waals surface area contributed by atoms with Crippen LogP contribution in [0.1, 0.15) is 5.56 Å². The molecule has 8 nitrogen and oxygen atoms in total. The molecule has 8 heteroatoms. The molecule has 0 aliphatic carbocycles. The number of hydrogen-bond acceptors (Lipinski definition) is 8. The third-order valence-corrected chi connectivity index (χ3v) is 3.69. The van der Waals surface area contributed by atoms with Crippen LogP contribution in [0, 0.1) is 0 Å². The Hall–Kier alpha value is -1.68. The zero-order valence-electron chi connectivity index (χ0n) is 13.1. The van der Waals surface area contributed by atoms with Crippen molar-refractivity contribution in [3.05, 3.63) is 29.8 Å². The van der Waals surface area contributed by atoms with Crippen LogP contribution in [0.15, 0.2) is 24.3 Å². The van der Waals surface area contributed by atoms with Gasteiger partial charge in [0.15, 0.2) is 11.5 Å². The third kappa shape index (κ3) is 4.04. The van der Waals surface area contributed by atoms with Crippen LogP contribution in [0.25, 0.3) is 6.08 Å². The molecule has 2 rings (SSSR count). The minimum Gasteiger partial charge on any atom is -0.493 e. The topological polar surface area (TPSA) is 129 Å². The molecule has 0 spiro atoms. The highest BCUT2D eigenvalue weighted by molar-refractivity contribution is 5.56. The molecule has 134 valence electrons. The summed E-state index contributed by atoms with van der Waals surface area (Å²) >= 11 is 0. The molecule has 0 aromatic heterocycles. The maximum absolute atomic E-state index is 10.0. The van der Waals surface area contributed by atoms with E-state index in [0.717, 1.165) is 0 Å². The van der Waals surface area contributed by atoms with Gasteiger partial charge in [-0.1, -0.05) is 18.2 Å². The van der Waals surface area contributed by atoms with Crippen molar-refractivity contribution in [1.29, 1.82) is 0 Å². The lowest BCUT2D eigenvalue weighted by atomic mass is 9.99. The van der Waals surface area contributed by atoms with Gasteiger partial charge in [-0.2, -0.15) is 0 Å². The molecule has 1 fully saturated rings. The van der Waals surface area contributed by atoms with Gasteiger partial charge in [0.2, 0.25) is 6.29 Å². The first-order valence-corrected chi connectivity index (χ1v) is 7.44. The van der Waals surface area contributed by atoms with E-state index in [-0.39, 0.29) is 12.4 Å². The van der Waals surface area contributed by atoms with Crippen LogP contribution in [0.2, 0.25) is 0 Å². The average molecular weight is 342 g/mol. The van der Waals surface area contributed by atoms with Crippen molar-refractivity contribution in [2.75, 3.05) is 20.3 Å². The molecule has 1 aromatic rings. The Morgan fingerprint density at radius 2 is 1.83 bits per heavy atom. The first-order chi connectivity index (χ1) is 11.5. The minimum atomic E-state index is -1.52. The summed E-state index contributed by atoms with van der Waals surface area (Å²) in [4.78, 5) is 0. The fourth-order valence-electron chi connectivity index (χ4n) is 2.37. The summed E-state index contributed by atoms with van der Waals surface area (Å²) < 4.78 is 16.1. The number of benzene rings is 1. The van der Waals surface area contributed by atoms with Crippen LogP contribution >= 0.6 is 0 Å². The van der Waals surface area contributed by atoms with E-state index in [1.54, 1.807) is 30.4 Å². The van der Waals surface area contributed by atoms with Crippen LogP contribution in [0.4, 0.5) is 0 Å². The van der Waals surface area contributed by atoms with Crippen molar-refractivity contribution in [3.8, 4) is 11.5 Å². The quantitative estimate of drug-likeness (QED) is 0.440. The fourth-order valence-corrected chi connectivity index (χ4v) is 2.37. The molecule has 0 saturated carbocycles. The second-order valence-electron chi connectivity index (χ2n) is 5.31. The molecule has 0 amide bonds. The summed E-state index contributed by atoms with van der Waals surface area (Å²) in [5, 5.41) is 47.6. The molecule has 5 N–H and O–H groups in total. The first-order valence-electron chi connectivity index (χ1n) is 7.44. The zero-order valence-corrected chi connectivity index (χ0v) is 13.1. The summed E-state index contributed by atoms with van der Waals surface area (Å²) in [5.74, 6) is 0.607. The van der Waals surface area contributed by atoms with Crippen molar-refractivity contribution < 1.29 is 39.7 Å². The van der Waals surface area contributed by atoms with Crippen LogP contribution in [-0.4, -0.2) is 76.6 Å². The molecular formula is C16H22O8. The largest absolute Gasteiger partial charge is 0.493 e. The Morgan fingerprint density at radius 3 is 2.46 bits per heavy atom. The maximum atomic E-state index is 10.0. The van der Waals surface area contributed by atoms with Gasteiger partial charge in [-0.3, -0.25) is 0 Å². The van der Waals surface area contributed by atoms with Gasteiger partial charge in [0.25, 0.3) is 0 Å². The van der Waals surface area contributed by atoms with Crippen molar-refractivity contribution in [2.24, 2.45) is 0 Å². The average Bonchev–Trinajstić information content (AvgIpc) is 2.60. The van der Waals surface area contributed by atoms with Crippen molar-refractivity contribution in [2.45, 2.75) is 30.7 Å². The van der Waals surface area contributed by atoms with E-state index in [9.17, 15) is 20.4 Å². The van der Waals surface area contributed by atoms with Crippen molar-refractivity contribution in [1.82, 2.24) is 0 Å². The van der Waals surface area contributed by atoms with Gasteiger partial charge in [-0.05, 0) is 17.7 Å². The van der Waals surface area contributed by atoms with Crippen molar-refractivity contribution in [3.63, 3.8) is 0 Å². The molecule has 0 bridgehead atoms. The Balaban J connectivity index is 2.23. The SMILES string of the molecule is COc1ccc(/C=C/CO)cc1O[C@@H]1O[C@H](CO)[C@@H](O)[C@H](O)[C@H]1O. The highest BCUT2D eigenvalue weighted by Gasteiger charge is 2.44. The monoisotopic (exact) mass is 342 g/mol. The fraction of sp³-hybridized carbons (Fsp3) is 0.500. The van der Waals surface area contributed by atoms with Gasteiger partial charge in [-0.15, -0.1) is 0 Å². The van der Waals surface area contributed by atoms with E-state index in [0.29, 0.717) is 11.3 Å². The van der Waals surface area contributed by atoms with Crippen molar-refractivity contribution >= 4 is 6.08 Å². The lowest BCUT2D eigenvalue weighted by molar-refractivity contribution is -0.277. The predicted molar refractivity (Wildman–Crippen MR) is 83.5 cm³/mol. The van der Waals surface area contributed by atoms with Gasteiger partial charge in [-0.25, -0.2) is 0 Å².